The normalized spacial score (nSPS) is 11.5. The Morgan fingerprint density at radius 3 is 2.55 bits per heavy atom. The van der Waals surface area contributed by atoms with Crippen LogP contribution >= 0.6 is 0 Å². The molecule has 0 aromatic heterocycles. The molecule has 20 heavy (non-hydrogen) atoms. The van der Waals surface area contributed by atoms with Crippen molar-refractivity contribution < 1.29 is 24.6 Å². The van der Waals surface area contributed by atoms with Gasteiger partial charge in [0.05, 0.1) is 13.2 Å². The Kier molecular flexibility index (Phi) is 5.67. The lowest BCUT2D eigenvalue weighted by molar-refractivity contribution is -0.142. The average Bonchev–Trinajstić information content (AvgIpc) is 2.41. The molecule has 0 radical (unpaired) electrons. The topological polar surface area (TPSA) is 116 Å². The first-order valence-corrected chi connectivity index (χ1v) is 5.92. The predicted octanol–water partition coefficient (Wildman–Crippen LogP) is -0.713. The monoisotopic (exact) mass is 280 g/mol. The third-order valence-corrected chi connectivity index (χ3v) is 2.51. The van der Waals surface area contributed by atoms with E-state index in [1.807, 2.05) is 13.0 Å². The van der Waals surface area contributed by atoms with Gasteiger partial charge in [-0.1, -0.05) is 17.7 Å². The number of carbonyl (C=O) groups is 3. The number of rotatable bonds is 6. The lowest BCUT2D eigenvalue weighted by Crippen LogP contribution is -2.47. The van der Waals surface area contributed by atoms with Gasteiger partial charge in [0.1, 0.15) is 6.04 Å². The molecule has 0 spiro atoms. The Balaban J connectivity index is 2.49. The average molecular weight is 280 g/mol. The van der Waals surface area contributed by atoms with Crippen LogP contribution in [0, 0.1) is 6.92 Å². The Labute approximate surface area is 115 Å². The molecule has 7 nitrogen and oxygen atoms in total. The van der Waals surface area contributed by atoms with E-state index in [1.54, 1.807) is 18.2 Å². The summed E-state index contributed by atoms with van der Waals surface area (Å²) < 4.78 is 0. The van der Waals surface area contributed by atoms with Crippen molar-refractivity contribution in [2.45, 2.75) is 13.0 Å². The Bertz CT molecular complexity index is 515. The van der Waals surface area contributed by atoms with E-state index in [1.165, 1.54) is 0 Å². The van der Waals surface area contributed by atoms with E-state index in [4.69, 9.17) is 10.2 Å². The SMILES string of the molecule is Cc1cccc(C(=O)NCC(=O)N[C@H](CO)C(=O)O)c1. The molecule has 7 heteroatoms. The van der Waals surface area contributed by atoms with Crippen LogP contribution in [0.1, 0.15) is 15.9 Å². The van der Waals surface area contributed by atoms with E-state index >= 15 is 0 Å². The Hall–Kier alpha value is -2.41. The number of aliphatic carboxylic acids is 1. The quantitative estimate of drug-likeness (QED) is 0.549. The number of aliphatic hydroxyl groups excluding tert-OH is 1. The molecule has 0 aliphatic carbocycles. The van der Waals surface area contributed by atoms with Crippen LogP contribution in [0.25, 0.3) is 0 Å². The summed E-state index contributed by atoms with van der Waals surface area (Å²) >= 11 is 0. The maximum Gasteiger partial charge on any atom is 0.328 e. The maximum atomic E-state index is 11.7. The maximum absolute atomic E-state index is 11.7. The van der Waals surface area contributed by atoms with Crippen molar-refractivity contribution >= 4 is 17.8 Å². The van der Waals surface area contributed by atoms with Gasteiger partial charge in [0.15, 0.2) is 0 Å². The first-order valence-electron chi connectivity index (χ1n) is 5.92. The second-order valence-electron chi connectivity index (χ2n) is 4.19. The van der Waals surface area contributed by atoms with Crippen LogP contribution in [0.3, 0.4) is 0 Å². The summed E-state index contributed by atoms with van der Waals surface area (Å²) in [6.07, 6.45) is 0. The van der Waals surface area contributed by atoms with Crippen LogP contribution in [0.2, 0.25) is 0 Å². The van der Waals surface area contributed by atoms with Gasteiger partial charge >= 0.3 is 5.97 Å². The van der Waals surface area contributed by atoms with Crippen LogP contribution in [-0.2, 0) is 9.59 Å². The zero-order valence-corrected chi connectivity index (χ0v) is 10.9. The minimum Gasteiger partial charge on any atom is -0.480 e. The molecule has 1 aromatic rings. The van der Waals surface area contributed by atoms with E-state index < -0.39 is 30.4 Å². The Morgan fingerprint density at radius 1 is 1.30 bits per heavy atom. The zero-order valence-electron chi connectivity index (χ0n) is 10.9. The number of hydrogen-bond donors (Lipinski definition) is 4. The standard InChI is InChI=1S/C13H16N2O5/c1-8-3-2-4-9(5-8)12(18)14-6-11(17)15-10(7-16)13(19)20/h2-5,10,16H,6-7H2,1H3,(H,14,18)(H,15,17)(H,19,20)/t10-/m1/s1. The fraction of sp³-hybridized carbons (Fsp3) is 0.308. The number of aliphatic hydroxyl groups is 1. The molecule has 108 valence electrons. The molecule has 2 amide bonds. The molecule has 0 saturated heterocycles. The van der Waals surface area contributed by atoms with Crippen LogP contribution in [0.5, 0.6) is 0 Å². The molecule has 4 N–H and O–H groups in total. The van der Waals surface area contributed by atoms with Gasteiger partial charge in [0, 0.05) is 5.56 Å². The van der Waals surface area contributed by atoms with Crippen LogP contribution in [-0.4, -0.2) is 47.2 Å². The summed E-state index contributed by atoms with van der Waals surface area (Å²) in [7, 11) is 0. The van der Waals surface area contributed by atoms with Crippen molar-refractivity contribution in [3.8, 4) is 0 Å². The minimum atomic E-state index is -1.38. The third-order valence-electron chi connectivity index (χ3n) is 2.51. The molecule has 0 aliphatic rings. The van der Waals surface area contributed by atoms with Crippen molar-refractivity contribution in [2.75, 3.05) is 13.2 Å². The van der Waals surface area contributed by atoms with Gasteiger partial charge in [-0.3, -0.25) is 9.59 Å². The molecule has 1 rings (SSSR count). The summed E-state index contributed by atoms with van der Waals surface area (Å²) in [5.41, 5.74) is 1.32. The molecule has 0 unspecified atom stereocenters. The van der Waals surface area contributed by atoms with E-state index in [0.29, 0.717) is 5.56 Å². The number of hydrogen-bond acceptors (Lipinski definition) is 4. The van der Waals surface area contributed by atoms with Crippen molar-refractivity contribution in [1.82, 2.24) is 10.6 Å². The number of aryl methyl sites for hydroxylation is 1. The summed E-state index contributed by atoms with van der Waals surface area (Å²) in [5.74, 6) is -2.46. The van der Waals surface area contributed by atoms with E-state index in [-0.39, 0.29) is 6.54 Å². The molecule has 0 aliphatic heterocycles. The Morgan fingerprint density at radius 2 is 2.00 bits per heavy atom. The summed E-state index contributed by atoms with van der Waals surface area (Å²) in [4.78, 5) is 33.8. The fourth-order valence-electron chi connectivity index (χ4n) is 1.48. The van der Waals surface area contributed by atoms with E-state index in [2.05, 4.69) is 10.6 Å². The molecular weight excluding hydrogens is 264 g/mol. The van der Waals surface area contributed by atoms with Gasteiger partial charge in [-0.15, -0.1) is 0 Å². The third kappa shape index (κ3) is 4.69. The molecule has 0 saturated carbocycles. The van der Waals surface area contributed by atoms with Gasteiger partial charge in [-0.05, 0) is 19.1 Å². The van der Waals surface area contributed by atoms with Crippen LogP contribution < -0.4 is 10.6 Å². The zero-order chi connectivity index (χ0) is 15.1. The van der Waals surface area contributed by atoms with Gasteiger partial charge in [-0.2, -0.15) is 0 Å². The van der Waals surface area contributed by atoms with Crippen LogP contribution in [0.15, 0.2) is 24.3 Å². The molecule has 0 bridgehead atoms. The van der Waals surface area contributed by atoms with Gasteiger partial charge in [0.2, 0.25) is 5.91 Å². The summed E-state index contributed by atoms with van der Waals surface area (Å²) in [6.45, 7) is 0.756. The molecule has 1 aromatic carbocycles. The number of carboxylic acid groups (broad SMARTS) is 1. The van der Waals surface area contributed by atoms with Gasteiger partial charge in [-0.25, -0.2) is 4.79 Å². The minimum absolute atomic E-state index is 0.365. The van der Waals surface area contributed by atoms with Gasteiger partial charge < -0.3 is 20.8 Å². The van der Waals surface area contributed by atoms with Crippen molar-refractivity contribution in [3.05, 3.63) is 35.4 Å². The molecular formula is C13H16N2O5. The number of benzene rings is 1. The van der Waals surface area contributed by atoms with Crippen molar-refractivity contribution in [3.63, 3.8) is 0 Å². The highest BCUT2D eigenvalue weighted by molar-refractivity contribution is 5.97. The molecule has 1 atom stereocenters. The number of carbonyl (C=O) groups excluding carboxylic acids is 2. The van der Waals surface area contributed by atoms with E-state index in [9.17, 15) is 14.4 Å². The highest BCUT2D eigenvalue weighted by Gasteiger charge is 2.18. The predicted molar refractivity (Wildman–Crippen MR) is 70.2 cm³/mol. The molecule has 0 fully saturated rings. The first-order chi connectivity index (χ1) is 9.43. The summed E-state index contributed by atoms with van der Waals surface area (Å²) in [5, 5.41) is 21.8. The lowest BCUT2D eigenvalue weighted by Gasteiger charge is -2.12. The number of nitrogens with one attached hydrogen (secondary N) is 2. The number of amides is 2. The van der Waals surface area contributed by atoms with Crippen molar-refractivity contribution in [2.24, 2.45) is 0 Å². The largest absolute Gasteiger partial charge is 0.480 e. The van der Waals surface area contributed by atoms with Crippen LogP contribution in [0.4, 0.5) is 0 Å². The first kappa shape index (κ1) is 15.6. The van der Waals surface area contributed by atoms with Gasteiger partial charge in [0.25, 0.3) is 5.91 Å². The fourth-order valence-corrected chi connectivity index (χ4v) is 1.48. The van der Waals surface area contributed by atoms with E-state index in [0.717, 1.165) is 5.56 Å². The smallest absolute Gasteiger partial charge is 0.328 e. The molecule has 0 heterocycles. The highest BCUT2D eigenvalue weighted by Crippen LogP contribution is 2.03. The number of carboxylic acids is 1. The summed E-state index contributed by atoms with van der Waals surface area (Å²) in [6, 6.07) is 5.45. The second-order valence-corrected chi connectivity index (χ2v) is 4.19. The second kappa shape index (κ2) is 7.25. The lowest BCUT2D eigenvalue weighted by atomic mass is 10.1. The van der Waals surface area contributed by atoms with Crippen molar-refractivity contribution in [1.29, 1.82) is 0 Å². The highest BCUT2D eigenvalue weighted by atomic mass is 16.4.